The number of carbonyl (C=O) groups is 2. The number of aliphatic hydroxyl groups is 1. The Morgan fingerprint density at radius 1 is 1.05 bits per heavy atom. The third-order valence-electron chi connectivity index (χ3n) is 6.85. The lowest BCUT2D eigenvalue weighted by Crippen LogP contribution is -2.38. The van der Waals surface area contributed by atoms with E-state index in [-0.39, 0.29) is 11.3 Å². The van der Waals surface area contributed by atoms with E-state index in [1.165, 1.54) is 0 Å². The number of ketones is 1. The van der Waals surface area contributed by atoms with E-state index in [2.05, 4.69) is 25.7 Å². The Balaban J connectivity index is 1.76. The van der Waals surface area contributed by atoms with Crippen LogP contribution in [0.3, 0.4) is 0 Å². The van der Waals surface area contributed by atoms with Crippen molar-refractivity contribution in [2.75, 3.05) is 46.0 Å². The fraction of sp³-hybridized carbons (Fsp3) is 0.448. The molecular weight excluding hydrogens is 472 g/mol. The van der Waals surface area contributed by atoms with E-state index in [4.69, 9.17) is 14.2 Å². The Labute approximate surface area is 218 Å². The number of aliphatic hydroxyl groups excluding tert-OH is 1. The van der Waals surface area contributed by atoms with E-state index in [0.717, 1.165) is 25.9 Å². The first kappa shape index (κ1) is 26.5. The molecule has 1 atom stereocenters. The molecular formula is C29H36N2O6. The quantitative estimate of drug-likeness (QED) is 0.208. The molecule has 0 aliphatic carbocycles. The van der Waals surface area contributed by atoms with Gasteiger partial charge in [0, 0.05) is 18.7 Å². The van der Waals surface area contributed by atoms with E-state index < -0.39 is 17.7 Å². The summed E-state index contributed by atoms with van der Waals surface area (Å²) in [6.45, 7) is 10.3. The summed E-state index contributed by atoms with van der Waals surface area (Å²) in [4.78, 5) is 30.4. The molecule has 2 heterocycles. The van der Waals surface area contributed by atoms with Gasteiger partial charge in [0.2, 0.25) is 0 Å². The molecule has 0 radical (unpaired) electrons. The minimum atomic E-state index is -0.738. The number of hydrogen-bond donors (Lipinski definition) is 1. The molecule has 4 rings (SSSR count). The van der Waals surface area contributed by atoms with Gasteiger partial charge in [-0.15, -0.1) is 0 Å². The van der Waals surface area contributed by atoms with Crippen LogP contribution in [0.2, 0.25) is 0 Å². The number of nitrogens with zero attached hydrogens (tertiary/aromatic N) is 2. The number of amides is 1. The van der Waals surface area contributed by atoms with Crippen LogP contribution < -0.4 is 14.2 Å². The smallest absolute Gasteiger partial charge is 0.295 e. The van der Waals surface area contributed by atoms with Gasteiger partial charge in [-0.3, -0.25) is 9.59 Å². The summed E-state index contributed by atoms with van der Waals surface area (Å²) in [5.41, 5.74) is 1.17. The maximum absolute atomic E-state index is 13.4. The number of likely N-dealkylation sites (tertiary alicyclic amines) is 1. The topological polar surface area (TPSA) is 88.5 Å². The summed E-state index contributed by atoms with van der Waals surface area (Å²) in [7, 11) is 0. The monoisotopic (exact) mass is 508 g/mol. The summed E-state index contributed by atoms with van der Waals surface area (Å²) < 4.78 is 17.2. The van der Waals surface area contributed by atoms with Crippen LogP contribution in [0, 0.1) is 0 Å². The number of carbonyl (C=O) groups excluding carboxylic acids is 2. The third kappa shape index (κ3) is 5.74. The molecule has 1 N–H and O–H groups in total. The van der Waals surface area contributed by atoms with Crippen LogP contribution in [0.25, 0.3) is 5.76 Å². The highest BCUT2D eigenvalue weighted by atomic mass is 16.6. The van der Waals surface area contributed by atoms with E-state index in [0.29, 0.717) is 61.3 Å². The number of likely N-dealkylation sites (N-methyl/N-ethyl adjacent to an activating group) is 1. The van der Waals surface area contributed by atoms with Crippen molar-refractivity contribution in [3.63, 3.8) is 0 Å². The van der Waals surface area contributed by atoms with Gasteiger partial charge in [0.1, 0.15) is 24.7 Å². The number of Topliss-reactive ketones (excluding diaryl/α,β-unsaturated/α-hetero) is 1. The van der Waals surface area contributed by atoms with Crippen LogP contribution in [0.15, 0.2) is 48.0 Å². The second-order valence-electron chi connectivity index (χ2n) is 9.15. The van der Waals surface area contributed by atoms with Gasteiger partial charge in [-0.2, -0.15) is 0 Å². The molecule has 1 unspecified atom stereocenters. The number of benzene rings is 2. The lowest BCUT2D eigenvalue weighted by Gasteiger charge is -2.28. The number of fused-ring (bicyclic) bond motifs is 1. The van der Waals surface area contributed by atoms with Crippen LogP contribution in [0.4, 0.5) is 0 Å². The van der Waals surface area contributed by atoms with Gasteiger partial charge < -0.3 is 29.1 Å². The molecule has 37 heavy (non-hydrogen) atoms. The highest BCUT2D eigenvalue weighted by Gasteiger charge is 2.46. The van der Waals surface area contributed by atoms with Gasteiger partial charge in [-0.05, 0) is 55.4 Å². The van der Waals surface area contributed by atoms with Crippen LogP contribution in [-0.2, 0) is 9.59 Å². The summed E-state index contributed by atoms with van der Waals surface area (Å²) in [5.74, 6) is 0.190. The fourth-order valence-electron chi connectivity index (χ4n) is 4.70. The molecule has 2 aliphatic rings. The molecule has 2 aliphatic heterocycles. The minimum Gasteiger partial charge on any atom is -0.507 e. The number of ether oxygens (including phenoxy) is 3. The molecule has 8 heteroatoms. The SMILES string of the molecule is CCCCOc1cccc(C2/C(=C(/O)c3ccc4c(c3)OCCO4)C(=O)C(=O)N2CCN(CC)CC)c1. The van der Waals surface area contributed by atoms with E-state index in [1.807, 2.05) is 24.3 Å². The van der Waals surface area contributed by atoms with Crippen molar-refractivity contribution in [3.05, 3.63) is 59.2 Å². The van der Waals surface area contributed by atoms with Crippen molar-refractivity contribution in [2.24, 2.45) is 0 Å². The number of hydrogen-bond acceptors (Lipinski definition) is 7. The van der Waals surface area contributed by atoms with Crippen molar-refractivity contribution < 1.29 is 28.9 Å². The summed E-state index contributed by atoms with van der Waals surface area (Å²) in [6, 6.07) is 11.7. The van der Waals surface area contributed by atoms with Crippen LogP contribution in [0.1, 0.15) is 50.8 Å². The average Bonchev–Trinajstić information content (AvgIpc) is 3.18. The van der Waals surface area contributed by atoms with Gasteiger partial charge in [0.25, 0.3) is 11.7 Å². The first-order chi connectivity index (χ1) is 18.0. The molecule has 1 amide bonds. The fourth-order valence-corrected chi connectivity index (χ4v) is 4.70. The first-order valence-corrected chi connectivity index (χ1v) is 13.1. The standard InChI is InChI=1S/C29H36N2O6/c1-4-7-15-35-22-10-8-9-20(18-22)26-25(28(33)29(34)31(26)14-13-30(5-2)6-3)27(32)21-11-12-23-24(19-21)37-17-16-36-23/h8-12,18-19,26,32H,4-7,13-17H2,1-3H3/b27-25-. The summed E-state index contributed by atoms with van der Waals surface area (Å²) >= 11 is 0. The molecule has 198 valence electrons. The zero-order valence-electron chi connectivity index (χ0n) is 21.9. The summed E-state index contributed by atoms with van der Waals surface area (Å²) in [6.07, 6.45) is 1.94. The highest BCUT2D eigenvalue weighted by Crippen LogP contribution is 2.41. The normalized spacial score (nSPS) is 18.5. The van der Waals surface area contributed by atoms with Crippen LogP contribution in [-0.4, -0.2) is 72.6 Å². The predicted octanol–water partition coefficient (Wildman–Crippen LogP) is 4.40. The Kier molecular flexibility index (Phi) is 8.71. The Hall–Kier alpha value is -3.52. The van der Waals surface area contributed by atoms with E-state index in [1.54, 1.807) is 23.1 Å². The van der Waals surface area contributed by atoms with Crippen molar-refractivity contribution in [3.8, 4) is 17.2 Å². The molecule has 0 spiro atoms. The van der Waals surface area contributed by atoms with Gasteiger partial charge >= 0.3 is 0 Å². The van der Waals surface area contributed by atoms with Crippen molar-refractivity contribution in [1.29, 1.82) is 0 Å². The van der Waals surface area contributed by atoms with Crippen molar-refractivity contribution >= 4 is 17.4 Å². The maximum Gasteiger partial charge on any atom is 0.295 e. The molecule has 2 aromatic carbocycles. The lowest BCUT2D eigenvalue weighted by molar-refractivity contribution is -0.140. The largest absolute Gasteiger partial charge is 0.507 e. The lowest BCUT2D eigenvalue weighted by atomic mass is 9.95. The Bertz CT molecular complexity index is 1160. The minimum absolute atomic E-state index is 0.0620. The number of unbranched alkanes of at least 4 members (excludes halogenated alkanes) is 1. The van der Waals surface area contributed by atoms with Gasteiger partial charge in [0.05, 0.1) is 18.2 Å². The molecule has 1 fully saturated rings. The number of rotatable bonds is 11. The second-order valence-corrected chi connectivity index (χ2v) is 9.15. The van der Waals surface area contributed by atoms with Crippen molar-refractivity contribution in [1.82, 2.24) is 9.80 Å². The summed E-state index contributed by atoms with van der Waals surface area (Å²) in [5, 5.41) is 11.4. The van der Waals surface area contributed by atoms with Gasteiger partial charge in [0.15, 0.2) is 11.5 Å². The molecule has 0 saturated carbocycles. The molecule has 0 aromatic heterocycles. The third-order valence-corrected chi connectivity index (χ3v) is 6.85. The molecule has 0 bridgehead atoms. The van der Waals surface area contributed by atoms with Crippen LogP contribution in [0.5, 0.6) is 17.2 Å². The Morgan fingerprint density at radius 3 is 2.54 bits per heavy atom. The predicted molar refractivity (Wildman–Crippen MR) is 141 cm³/mol. The maximum atomic E-state index is 13.4. The second kappa shape index (κ2) is 12.1. The van der Waals surface area contributed by atoms with Crippen LogP contribution >= 0.6 is 0 Å². The molecule has 1 saturated heterocycles. The van der Waals surface area contributed by atoms with E-state index in [9.17, 15) is 14.7 Å². The zero-order valence-corrected chi connectivity index (χ0v) is 21.9. The Morgan fingerprint density at radius 2 is 1.81 bits per heavy atom. The molecule has 8 nitrogen and oxygen atoms in total. The van der Waals surface area contributed by atoms with Gasteiger partial charge in [-0.1, -0.05) is 39.3 Å². The first-order valence-electron chi connectivity index (χ1n) is 13.1. The van der Waals surface area contributed by atoms with E-state index >= 15 is 0 Å². The molecule has 2 aromatic rings. The average molecular weight is 509 g/mol. The van der Waals surface area contributed by atoms with Gasteiger partial charge in [-0.25, -0.2) is 0 Å². The zero-order chi connectivity index (χ0) is 26.4. The van der Waals surface area contributed by atoms with Crippen molar-refractivity contribution in [2.45, 2.75) is 39.7 Å². The highest BCUT2D eigenvalue weighted by molar-refractivity contribution is 6.46.